The predicted octanol–water partition coefficient (Wildman–Crippen LogP) is 4.48. The van der Waals surface area contributed by atoms with Crippen molar-refractivity contribution in [1.29, 1.82) is 0 Å². The van der Waals surface area contributed by atoms with E-state index in [9.17, 15) is 9.59 Å². The molecule has 2 N–H and O–H groups in total. The number of benzene rings is 2. The Kier molecular flexibility index (Phi) is 6.34. The van der Waals surface area contributed by atoms with Crippen LogP contribution in [-0.2, 0) is 0 Å². The van der Waals surface area contributed by atoms with E-state index in [0.717, 1.165) is 5.56 Å². The van der Waals surface area contributed by atoms with Crippen molar-refractivity contribution in [2.24, 2.45) is 5.92 Å². The van der Waals surface area contributed by atoms with Gasteiger partial charge in [-0.05, 0) is 25.0 Å². The third-order valence-corrected chi connectivity index (χ3v) is 4.20. The minimum absolute atomic E-state index is 0.0185. The van der Waals surface area contributed by atoms with E-state index < -0.39 is 0 Å². The first-order chi connectivity index (χ1) is 13.9. The molecule has 1 heterocycles. The quantitative estimate of drug-likeness (QED) is 0.583. The van der Waals surface area contributed by atoms with Gasteiger partial charge in [0.15, 0.2) is 11.6 Å². The van der Waals surface area contributed by atoms with Crippen LogP contribution in [0.25, 0.3) is 11.4 Å². The molecule has 0 saturated carbocycles. The molecule has 148 valence electrons. The SMILES string of the molecule is CC(=O)c1cccc(Nc2cc(C(=O)NCC(C)C)nc(-c3ccccc3)n2)c1. The Bertz CT molecular complexity index is 1020. The van der Waals surface area contributed by atoms with Crippen LogP contribution in [0.4, 0.5) is 11.5 Å². The number of carbonyl (C=O) groups is 2. The van der Waals surface area contributed by atoms with Crippen molar-refractivity contribution in [1.82, 2.24) is 15.3 Å². The average molecular weight is 388 g/mol. The van der Waals surface area contributed by atoms with Crippen LogP contribution in [0.2, 0.25) is 0 Å². The molecule has 6 heteroatoms. The summed E-state index contributed by atoms with van der Waals surface area (Å²) >= 11 is 0. The van der Waals surface area contributed by atoms with Crippen molar-refractivity contribution in [3.8, 4) is 11.4 Å². The lowest BCUT2D eigenvalue weighted by Crippen LogP contribution is -2.28. The van der Waals surface area contributed by atoms with Crippen molar-refractivity contribution in [2.75, 3.05) is 11.9 Å². The third-order valence-electron chi connectivity index (χ3n) is 4.20. The number of hydrogen-bond acceptors (Lipinski definition) is 5. The summed E-state index contributed by atoms with van der Waals surface area (Å²) in [6.45, 7) is 6.15. The fourth-order valence-corrected chi connectivity index (χ4v) is 2.70. The van der Waals surface area contributed by atoms with Gasteiger partial charge < -0.3 is 10.6 Å². The summed E-state index contributed by atoms with van der Waals surface area (Å²) in [4.78, 5) is 33.3. The maximum Gasteiger partial charge on any atom is 0.270 e. The van der Waals surface area contributed by atoms with Gasteiger partial charge in [0.1, 0.15) is 11.5 Å². The molecular weight excluding hydrogens is 364 g/mol. The van der Waals surface area contributed by atoms with Crippen molar-refractivity contribution < 1.29 is 9.59 Å². The second kappa shape index (κ2) is 9.10. The number of carbonyl (C=O) groups excluding carboxylic acids is 2. The van der Waals surface area contributed by atoms with Crippen molar-refractivity contribution in [3.05, 3.63) is 71.9 Å². The van der Waals surface area contributed by atoms with Gasteiger partial charge in [0.25, 0.3) is 5.91 Å². The molecule has 0 spiro atoms. The summed E-state index contributed by atoms with van der Waals surface area (Å²) in [5.74, 6) is 0.998. The zero-order valence-corrected chi connectivity index (χ0v) is 16.8. The van der Waals surface area contributed by atoms with Gasteiger partial charge in [-0.3, -0.25) is 9.59 Å². The van der Waals surface area contributed by atoms with Crippen molar-refractivity contribution in [3.63, 3.8) is 0 Å². The molecule has 0 unspecified atom stereocenters. The smallest absolute Gasteiger partial charge is 0.270 e. The highest BCUT2D eigenvalue weighted by Crippen LogP contribution is 2.21. The molecule has 0 atom stereocenters. The molecule has 0 bridgehead atoms. The Morgan fingerprint density at radius 3 is 2.41 bits per heavy atom. The number of nitrogens with zero attached hydrogens (tertiary/aromatic N) is 2. The summed E-state index contributed by atoms with van der Waals surface area (Å²) in [6.07, 6.45) is 0. The molecule has 2 aromatic carbocycles. The molecule has 0 radical (unpaired) electrons. The largest absolute Gasteiger partial charge is 0.350 e. The summed E-state index contributed by atoms with van der Waals surface area (Å²) in [7, 11) is 0. The van der Waals surface area contributed by atoms with Gasteiger partial charge in [0, 0.05) is 29.4 Å². The Morgan fingerprint density at radius 2 is 1.72 bits per heavy atom. The number of hydrogen-bond donors (Lipinski definition) is 2. The zero-order valence-electron chi connectivity index (χ0n) is 16.8. The number of ketones is 1. The Labute approximate surface area is 170 Å². The number of rotatable bonds is 7. The van der Waals surface area contributed by atoms with E-state index in [1.165, 1.54) is 6.92 Å². The van der Waals surface area contributed by atoms with E-state index >= 15 is 0 Å². The number of amides is 1. The first-order valence-corrected chi connectivity index (χ1v) is 9.53. The van der Waals surface area contributed by atoms with Crippen LogP contribution >= 0.6 is 0 Å². The molecule has 0 fully saturated rings. The van der Waals surface area contributed by atoms with Crippen LogP contribution in [0.3, 0.4) is 0 Å². The maximum absolute atomic E-state index is 12.6. The molecule has 6 nitrogen and oxygen atoms in total. The van der Waals surface area contributed by atoms with E-state index in [1.54, 1.807) is 24.3 Å². The van der Waals surface area contributed by atoms with E-state index in [1.807, 2.05) is 50.2 Å². The van der Waals surface area contributed by atoms with Crippen LogP contribution in [0.5, 0.6) is 0 Å². The monoisotopic (exact) mass is 388 g/mol. The lowest BCUT2D eigenvalue weighted by Gasteiger charge is -2.12. The van der Waals surface area contributed by atoms with Crippen LogP contribution in [-0.4, -0.2) is 28.2 Å². The van der Waals surface area contributed by atoms with E-state index in [4.69, 9.17) is 0 Å². The van der Waals surface area contributed by atoms with E-state index in [-0.39, 0.29) is 17.4 Å². The third kappa shape index (κ3) is 5.48. The van der Waals surface area contributed by atoms with Crippen LogP contribution in [0, 0.1) is 5.92 Å². The summed E-state index contributed by atoms with van der Waals surface area (Å²) in [6, 6.07) is 18.3. The van der Waals surface area contributed by atoms with Crippen LogP contribution < -0.4 is 10.6 Å². The first-order valence-electron chi connectivity index (χ1n) is 9.53. The minimum atomic E-state index is -0.251. The minimum Gasteiger partial charge on any atom is -0.350 e. The summed E-state index contributed by atoms with van der Waals surface area (Å²) in [5, 5.41) is 6.08. The van der Waals surface area contributed by atoms with Crippen molar-refractivity contribution >= 4 is 23.2 Å². The number of Topliss-reactive ketones (excluding diaryl/α,β-unsaturated/α-hetero) is 1. The maximum atomic E-state index is 12.6. The van der Waals surface area contributed by atoms with E-state index in [2.05, 4.69) is 20.6 Å². The normalized spacial score (nSPS) is 10.6. The van der Waals surface area contributed by atoms with Gasteiger partial charge >= 0.3 is 0 Å². The van der Waals surface area contributed by atoms with Crippen LogP contribution in [0.15, 0.2) is 60.7 Å². The van der Waals surface area contributed by atoms with Gasteiger partial charge in [-0.25, -0.2) is 9.97 Å². The number of nitrogens with one attached hydrogen (secondary N) is 2. The highest BCUT2D eigenvalue weighted by Gasteiger charge is 2.14. The lowest BCUT2D eigenvalue weighted by atomic mass is 10.1. The topological polar surface area (TPSA) is 84.0 Å². The van der Waals surface area contributed by atoms with Gasteiger partial charge in [-0.1, -0.05) is 56.3 Å². The molecule has 1 aromatic heterocycles. The fourth-order valence-electron chi connectivity index (χ4n) is 2.70. The van der Waals surface area contributed by atoms with E-state index in [0.29, 0.717) is 35.4 Å². The Balaban J connectivity index is 1.97. The fraction of sp³-hybridized carbons (Fsp3) is 0.217. The molecule has 3 rings (SSSR count). The second-order valence-electron chi connectivity index (χ2n) is 7.19. The summed E-state index contributed by atoms with van der Waals surface area (Å²) in [5.41, 5.74) is 2.41. The van der Waals surface area contributed by atoms with Gasteiger partial charge in [0.05, 0.1) is 0 Å². The van der Waals surface area contributed by atoms with Crippen molar-refractivity contribution in [2.45, 2.75) is 20.8 Å². The standard InChI is InChI=1S/C23H24N4O2/c1-15(2)14-24-23(29)20-13-21(25-19-11-7-10-18(12-19)16(3)28)27-22(26-20)17-8-5-4-6-9-17/h4-13,15H,14H2,1-3H3,(H,24,29)(H,25,26,27). The van der Waals surface area contributed by atoms with Gasteiger partial charge in [-0.2, -0.15) is 0 Å². The lowest BCUT2D eigenvalue weighted by molar-refractivity contribution is 0.0943. The number of aromatic nitrogens is 2. The molecular formula is C23H24N4O2. The molecule has 1 amide bonds. The number of anilines is 2. The zero-order chi connectivity index (χ0) is 20.8. The molecule has 0 aliphatic carbocycles. The highest BCUT2D eigenvalue weighted by atomic mass is 16.1. The van der Waals surface area contributed by atoms with Gasteiger partial charge in [-0.15, -0.1) is 0 Å². The first kappa shape index (κ1) is 20.2. The molecule has 3 aromatic rings. The Hall–Kier alpha value is -3.54. The van der Waals surface area contributed by atoms with Gasteiger partial charge in [0.2, 0.25) is 0 Å². The molecule has 0 aliphatic heterocycles. The highest BCUT2D eigenvalue weighted by molar-refractivity contribution is 5.95. The molecule has 0 saturated heterocycles. The average Bonchev–Trinajstić information content (AvgIpc) is 2.72. The Morgan fingerprint density at radius 1 is 0.966 bits per heavy atom. The predicted molar refractivity (Wildman–Crippen MR) is 114 cm³/mol. The second-order valence-corrected chi connectivity index (χ2v) is 7.19. The summed E-state index contributed by atoms with van der Waals surface area (Å²) < 4.78 is 0. The van der Waals surface area contributed by atoms with Crippen LogP contribution in [0.1, 0.15) is 41.6 Å². The molecule has 0 aliphatic rings. The molecule has 29 heavy (non-hydrogen) atoms.